The molecular weight excluding hydrogens is 182 g/mol. The minimum absolute atomic E-state index is 0.270. The van der Waals surface area contributed by atoms with Gasteiger partial charge in [-0.1, -0.05) is 6.58 Å². The first-order valence-corrected chi connectivity index (χ1v) is 4.86. The van der Waals surface area contributed by atoms with E-state index in [1.165, 1.54) is 6.26 Å². The lowest BCUT2D eigenvalue weighted by molar-refractivity contribution is -0.118. The van der Waals surface area contributed by atoms with E-state index in [1.807, 2.05) is 0 Å². The minimum atomic E-state index is -0.270. The molecule has 0 fully saturated rings. The molecule has 14 heavy (non-hydrogen) atoms. The van der Waals surface area contributed by atoms with E-state index < -0.39 is 0 Å². The first kappa shape index (κ1) is 13.0. The van der Waals surface area contributed by atoms with Gasteiger partial charge in [0.1, 0.15) is 0 Å². The van der Waals surface area contributed by atoms with Gasteiger partial charge in [0, 0.05) is 19.6 Å². The minimum Gasteiger partial charge on any atom is -0.502 e. The summed E-state index contributed by atoms with van der Waals surface area (Å²) in [6.07, 6.45) is 4.47. The third-order valence-electron chi connectivity index (χ3n) is 1.63. The van der Waals surface area contributed by atoms with Crippen LogP contribution in [-0.4, -0.2) is 25.7 Å². The van der Waals surface area contributed by atoms with Crippen molar-refractivity contribution in [3.05, 3.63) is 12.8 Å². The summed E-state index contributed by atoms with van der Waals surface area (Å²) in [6.45, 7) is 5.44. The molecule has 0 aliphatic carbocycles. The van der Waals surface area contributed by atoms with Crippen molar-refractivity contribution in [2.45, 2.75) is 25.7 Å². The van der Waals surface area contributed by atoms with Crippen molar-refractivity contribution in [1.29, 1.82) is 0 Å². The van der Waals surface area contributed by atoms with Gasteiger partial charge in [-0.3, -0.25) is 4.79 Å². The van der Waals surface area contributed by atoms with Crippen molar-refractivity contribution < 1.29 is 14.3 Å². The van der Waals surface area contributed by atoms with Crippen molar-refractivity contribution in [1.82, 2.24) is 0 Å². The largest absolute Gasteiger partial charge is 0.502 e. The zero-order valence-electron chi connectivity index (χ0n) is 8.54. The summed E-state index contributed by atoms with van der Waals surface area (Å²) in [5.41, 5.74) is 4.97. The van der Waals surface area contributed by atoms with Crippen LogP contribution in [0.5, 0.6) is 0 Å². The maximum absolute atomic E-state index is 10.3. The normalized spacial score (nSPS) is 9.71. The van der Waals surface area contributed by atoms with Crippen molar-refractivity contribution >= 4 is 5.91 Å². The molecule has 2 N–H and O–H groups in total. The molecule has 4 nitrogen and oxygen atoms in total. The number of unbranched alkanes of at least 4 members (excludes halogenated alkanes) is 1. The molecular formula is C10H19NO3. The summed E-state index contributed by atoms with van der Waals surface area (Å²) in [5.74, 6) is -0.270. The highest BCUT2D eigenvalue weighted by Gasteiger charge is 1.94. The summed E-state index contributed by atoms with van der Waals surface area (Å²) < 4.78 is 10.2. The van der Waals surface area contributed by atoms with Gasteiger partial charge in [0.25, 0.3) is 0 Å². The maximum atomic E-state index is 10.3. The van der Waals surface area contributed by atoms with Crippen LogP contribution in [0.1, 0.15) is 25.7 Å². The van der Waals surface area contributed by atoms with Crippen LogP contribution in [0.4, 0.5) is 0 Å². The van der Waals surface area contributed by atoms with E-state index in [-0.39, 0.29) is 5.91 Å². The van der Waals surface area contributed by atoms with E-state index in [4.69, 9.17) is 15.2 Å². The number of ether oxygens (including phenoxy) is 2. The molecule has 1 amide bonds. The van der Waals surface area contributed by atoms with Crippen molar-refractivity contribution in [3.8, 4) is 0 Å². The summed E-state index contributed by atoms with van der Waals surface area (Å²) in [7, 11) is 0. The lowest BCUT2D eigenvalue weighted by atomic mass is 10.3. The number of hydrogen-bond acceptors (Lipinski definition) is 3. The molecule has 0 aliphatic heterocycles. The molecule has 0 saturated heterocycles. The Morgan fingerprint density at radius 1 is 1.21 bits per heavy atom. The molecule has 0 aromatic carbocycles. The molecule has 0 spiro atoms. The summed E-state index contributed by atoms with van der Waals surface area (Å²) in [5, 5.41) is 0. The van der Waals surface area contributed by atoms with E-state index in [1.54, 1.807) is 0 Å². The van der Waals surface area contributed by atoms with Gasteiger partial charge >= 0.3 is 0 Å². The van der Waals surface area contributed by atoms with Crippen molar-refractivity contribution in [2.75, 3.05) is 19.8 Å². The van der Waals surface area contributed by atoms with E-state index in [0.29, 0.717) is 32.7 Å². The average molecular weight is 201 g/mol. The number of carbonyl (C=O) groups excluding carboxylic acids is 1. The third kappa shape index (κ3) is 11.0. The predicted octanol–water partition coefficient (Wildman–Crippen LogP) is 1.21. The zero-order chi connectivity index (χ0) is 10.6. The first-order chi connectivity index (χ1) is 6.77. The number of carbonyl (C=O) groups is 1. The smallest absolute Gasteiger partial charge is 0.217 e. The molecule has 0 bridgehead atoms. The third-order valence-corrected chi connectivity index (χ3v) is 1.63. The van der Waals surface area contributed by atoms with Crippen LogP contribution in [0.3, 0.4) is 0 Å². The highest BCUT2D eigenvalue weighted by molar-refractivity contribution is 5.73. The molecule has 0 aromatic rings. The van der Waals surface area contributed by atoms with Crippen molar-refractivity contribution in [3.63, 3.8) is 0 Å². The number of hydrogen-bond donors (Lipinski definition) is 1. The topological polar surface area (TPSA) is 61.6 Å². The van der Waals surface area contributed by atoms with E-state index in [0.717, 1.165) is 12.8 Å². The van der Waals surface area contributed by atoms with Crippen LogP contribution in [0.25, 0.3) is 0 Å². The number of amides is 1. The molecule has 0 aliphatic rings. The Kier molecular flexibility index (Phi) is 9.31. The number of primary amides is 1. The quantitative estimate of drug-likeness (QED) is 0.427. The summed E-state index contributed by atoms with van der Waals surface area (Å²) >= 11 is 0. The van der Waals surface area contributed by atoms with Gasteiger partial charge in [0.05, 0.1) is 12.9 Å². The Morgan fingerprint density at radius 2 is 1.86 bits per heavy atom. The molecule has 0 atom stereocenters. The van der Waals surface area contributed by atoms with Gasteiger partial charge < -0.3 is 15.2 Å². The molecule has 0 unspecified atom stereocenters. The summed E-state index contributed by atoms with van der Waals surface area (Å²) in [4.78, 5) is 10.3. The molecule has 82 valence electrons. The van der Waals surface area contributed by atoms with Crippen LogP contribution in [-0.2, 0) is 14.3 Å². The number of nitrogens with two attached hydrogens (primary N) is 1. The van der Waals surface area contributed by atoms with E-state index in [9.17, 15) is 4.79 Å². The van der Waals surface area contributed by atoms with Gasteiger partial charge in [-0.25, -0.2) is 0 Å². The van der Waals surface area contributed by atoms with Crippen LogP contribution in [0, 0.1) is 0 Å². The van der Waals surface area contributed by atoms with E-state index >= 15 is 0 Å². The SMILES string of the molecule is C=COCCCCOCCCC(N)=O. The lowest BCUT2D eigenvalue weighted by Crippen LogP contribution is -2.11. The average Bonchev–Trinajstić information content (AvgIpc) is 2.15. The second kappa shape index (κ2) is 10.1. The standard InChI is InChI=1S/C10H19NO3/c1-2-13-7-3-4-8-14-9-5-6-10(11)12/h2H,1,3-9H2,(H2,11,12). The van der Waals surface area contributed by atoms with Gasteiger partial charge in [0.15, 0.2) is 0 Å². The Morgan fingerprint density at radius 3 is 2.50 bits per heavy atom. The Balaban J connectivity index is 2.92. The van der Waals surface area contributed by atoms with Crippen molar-refractivity contribution in [2.24, 2.45) is 5.73 Å². The Hall–Kier alpha value is -1.03. The van der Waals surface area contributed by atoms with Gasteiger partial charge in [-0.05, 0) is 19.3 Å². The molecule has 0 saturated carbocycles. The fourth-order valence-electron chi connectivity index (χ4n) is 0.923. The van der Waals surface area contributed by atoms with Crippen LogP contribution in [0.2, 0.25) is 0 Å². The lowest BCUT2D eigenvalue weighted by Gasteiger charge is -2.03. The highest BCUT2D eigenvalue weighted by Crippen LogP contribution is 1.94. The monoisotopic (exact) mass is 201 g/mol. The van der Waals surface area contributed by atoms with E-state index in [2.05, 4.69) is 6.58 Å². The summed E-state index contributed by atoms with van der Waals surface area (Å²) in [6, 6.07) is 0. The molecule has 0 heterocycles. The highest BCUT2D eigenvalue weighted by atomic mass is 16.5. The van der Waals surface area contributed by atoms with Gasteiger partial charge in [0.2, 0.25) is 5.91 Å². The molecule has 4 heteroatoms. The second-order valence-electron chi connectivity index (χ2n) is 2.93. The predicted molar refractivity (Wildman–Crippen MR) is 54.6 cm³/mol. The Bertz CT molecular complexity index is 159. The maximum Gasteiger partial charge on any atom is 0.217 e. The van der Waals surface area contributed by atoms with Gasteiger partial charge in [-0.15, -0.1) is 0 Å². The van der Waals surface area contributed by atoms with Crippen LogP contribution in [0.15, 0.2) is 12.8 Å². The second-order valence-corrected chi connectivity index (χ2v) is 2.93. The zero-order valence-corrected chi connectivity index (χ0v) is 8.54. The van der Waals surface area contributed by atoms with Crippen LogP contribution >= 0.6 is 0 Å². The molecule has 0 radical (unpaired) electrons. The first-order valence-electron chi connectivity index (χ1n) is 4.86. The fraction of sp³-hybridized carbons (Fsp3) is 0.700. The Labute approximate surface area is 85.1 Å². The number of rotatable bonds is 10. The van der Waals surface area contributed by atoms with Gasteiger partial charge in [-0.2, -0.15) is 0 Å². The fourth-order valence-corrected chi connectivity index (χ4v) is 0.923. The van der Waals surface area contributed by atoms with Crippen LogP contribution < -0.4 is 5.73 Å². The molecule has 0 rings (SSSR count). The molecule has 0 aromatic heterocycles.